The van der Waals surface area contributed by atoms with Gasteiger partial charge in [0.25, 0.3) is 0 Å². The molecule has 4 amide bonds. The fourth-order valence-electron chi connectivity index (χ4n) is 11.5. The Morgan fingerprint density at radius 1 is 0.867 bits per heavy atom. The van der Waals surface area contributed by atoms with Crippen molar-refractivity contribution in [1.29, 1.82) is 0 Å². The second-order valence-corrected chi connectivity index (χ2v) is 27.3. The van der Waals surface area contributed by atoms with E-state index in [1.807, 2.05) is 63.1 Å². The van der Waals surface area contributed by atoms with E-state index in [4.69, 9.17) is 33.9 Å². The zero-order valence-corrected chi connectivity index (χ0v) is 45.2. The Kier molecular flexibility index (Phi) is 13.2. The molecule has 3 saturated heterocycles. The van der Waals surface area contributed by atoms with Crippen LogP contribution in [-0.4, -0.2) is 132 Å². The molecule has 4 N–H and O–H groups in total. The number of aromatic amines is 2. The lowest BCUT2D eigenvalue weighted by molar-refractivity contribution is -0.139. The number of amides is 4. The minimum Gasteiger partial charge on any atom is -0.464 e. The number of nitrogens with zero attached hydrogens (tertiary/aromatic N) is 6. The number of thiazole rings is 1. The molecule has 1 aliphatic carbocycles. The topological polar surface area (TPSA) is 211 Å². The van der Waals surface area contributed by atoms with Gasteiger partial charge in [0.1, 0.15) is 35.3 Å². The van der Waals surface area contributed by atoms with E-state index >= 15 is 4.39 Å². The van der Waals surface area contributed by atoms with Crippen LogP contribution >= 0.6 is 21.4 Å². The van der Waals surface area contributed by atoms with Crippen molar-refractivity contribution in [3.8, 4) is 39.5 Å². The smallest absolute Gasteiger partial charge is 0.407 e. The number of halogens is 1. The van der Waals surface area contributed by atoms with E-state index in [-0.39, 0.29) is 35.7 Å². The predicted octanol–water partition coefficient (Wildman–Crippen LogP) is 9.38. The van der Waals surface area contributed by atoms with Crippen LogP contribution in [0.1, 0.15) is 112 Å². The Balaban J connectivity index is 0.905. The van der Waals surface area contributed by atoms with Crippen molar-refractivity contribution < 1.29 is 42.5 Å². The number of likely N-dealkylation sites (tertiary alicyclic amines) is 1. The maximum Gasteiger partial charge on any atom is 0.407 e. The number of fused-ring (bicyclic) bond motifs is 5. The summed E-state index contributed by atoms with van der Waals surface area (Å²) in [5.41, 5.74) is 4.12. The maximum absolute atomic E-state index is 17.0. The molecule has 11 rings (SSSR count). The van der Waals surface area contributed by atoms with Crippen molar-refractivity contribution in [3.63, 3.8) is 0 Å². The summed E-state index contributed by atoms with van der Waals surface area (Å²) >= 11 is 1.62. The third-order valence-electron chi connectivity index (χ3n) is 15.4. The lowest BCUT2D eigenvalue weighted by Crippen LogP contribution is -2.55. The molecule has 4 aliphatic heterocycles. The van der Waals surface area contributed by atoms with Gasteiger partial charge >= 0.3 is 12.2 Å². The minimum absolute atomic E-state index is 0.142. The van der Waals surface area contributed by atoms with Crippen molar-refractivity contribution in [2.45, 2.75) is 108 Å². The molecular weight excluding hydrogens is 1000 g/mol. The molecule has 5 aliphatic rings. The highest BCUT2D eigenvalue weighted by atomic mass is 32.3. The van der Waals surface area contributed by atoms with Gasteiger partial charge in [0.05, 0.1) is 88.2 Å². The standard InChI is InChI=1S/C54H65FN10O8S2/c1-28(2)44(61-52(68)70-5)49(66)63-16-9-10-38(63)46-56-24-36(60-46)32-19-34(55)43-39-20-33-18-30(13-14-37(33)65(39)51(73-41(43)21-32)42-25-58-48(74-42)29-11-12-29)35-23-57-47(59-35)40-26-75(7,8)27-64(40)50(67)45(62-53(69)71-6)31-15-17-72-54(3,4)22-31/h13-14,18-21,23-25,28-29,31,38,40,44-45,51H,9-12,15-17,22,26-27H2,1-8H3,(H,56,60)(H,57,59)(H,61,68)(H,62,69)/t31-,38+,40+,44+,45+,51+/m1/s1. The highest BCUT2D eigenvalue weighted by Crippen LogP contribution is 2.54. The van der Waals surface area contributed by atoms with Gasteiger partial charge in [0.2, 0.25) is 18.0 Å². The molecule has 1 saturated carbocycles. The fraction of sp³-hybridized carbons (Fsp3) is 0.500. The molecule has 0 bridgehead atoms. The quantitative estimate of drug-likeness (QED) is 0.0907. The van der Waals surface area contributed by atoms with E-state index in [0.717, 1.165) is 57.1 Å². The van der Waals surface area contributed by atoms with Crippen LogP contribution in [0.5, 0.6) is 5.75 Å². The summed E-state index contributed by atoms with van der Waals surface area (Å²) in [4.78, 5) is 79.5. The van der Waals surface area contributed by atoms with Crippen molar-refractivity contribution in [2.75, 3.05) is 51.5 Å². The van der Waals surface area contributed by atoms with Gasteiger partial charge in [0.15, 0.2) is 0 Å². The Bertz CT molecular complexity index is 3200. The molecule has 2 aromatic carbocycles. The van der Waals surface area contributed by atoms with Gasteiger partial charge < -0.3 is 49.3 Å². The maximum atomic E-state index is 17.0. The van der Waals surface area contributed by atoms with Gasteiger partial charge in [-0.3, -0.25) is 14.2 Å². The van der Waals surface area contributed by atoms with Crippen LogP contribution in [0.2, 0.25) is 0 Å². The lowest BCUT2D eigenvalue weighted by atomic mass is 9.82. The first kappa shape index (κ1) is 50.7. The average molecular weight is 1070 g/mol. The molecule has 8 heterocycles. The fourth-order valence-corrected chi connectivity index (χ4v) is 15.0. The highest BCUT2D eigenvalue weighted by molar-refractivity contribution is 8.32. The van der Waals surface area contributed by atoms with Crippen LogP contribution in [-0.2, 0) is 23.8 Å². The van der Waals surface area contributed by atoms with Crippen LogP contribution in [0.3, 0.4) is 0 Å². The SMILES string of the molecule is COC(=O)N[C@H](C(=O)N1CCC[C@H]1c1ncc(-c2cc(F)c3c(c2)O[C@@H](c2cnc(C4CC4)s2)n2c-3cc3cc(-c4cnc([C@@H]5CS(C)(C)CN5C(=O)[C@@H](NC(=O)OC)[C@@H]5CCOC(C)(C)C5)[nH]4)ccc32)[nH]1)C(C)C. The number of nitrogens with one attached hydrogen (secondary N) is 4. The van der Waals surface area contributed by atoms with E-state index in [2.05, 4.69) is 43.7 Å². The number of alkyl carbamates (subject to hydrolysis) is 2. The molecule has 0 unspecified atom stereocenters. The molecule has 75 heavy (non-hydrogen) atoms. The molecule has 0 spiro atoms. The Morgan fingerprint density at radius 2 is 1.59 bits per heavy atom. The lowest BCUT2D eigenvalue weighted by Gasteiger charge is -2.40. The van der Waals surface area contributed by atoms with Gasteiger partial charge in [-0.25, -0.2) is 39.0 Å². The van der Waals surface area contributed by atoms with Crippen molar-refractivity contribution >= 4 is 56.3 Å². The zero-order chi connectivity index (χ0) is 52.7. The third kappa shape index (κ3) is 9.75. The zero-order valence-electron chi connectivity index (χ0n) is 43.5. The van der Waals surface area contributed by atoms with Crippen LogP contribution in [0.15, 0.2) is 55.0 Å². The number of carbonyl (C=O) groups is 4. The van der Waals surface area contributed by atoms with Gasteiger partial charge in [-0.05, 0) is 107 Å². The normalized spacial score (nSPS) is 23.0. The second-order valence-electron chi connectivity index (χ2n) is 22.1. The summed E-state index contributed by atoms with van der Waals surface area (Å²) < 4.78 is 41.8. The van der Waals surface area contributed by atoms with Gasteiger partial charge in [-0.15, -0.1) is 11.3 Å². The van der Waals surface area contributed by atoms with Gasteiger partial charge in [0, 0.05) is 47.5 Å². The number of hydrogen-bond donors (Lipinski definition) is 4. The monoisotopic (exact) mass is 1060 g/mol. The first-order valence-electron chi connectivity index (χ1n) is 25.7. The summed E-state index contributed by atoms with van der Waals surface area (Å²) in [5.74, 6) is 2.19. The Hall–Kier alpha value is -6.45. The molecule has 21 heteroatoms. The third-order valence-corrected chi connectivity index (χ3v) is 18.8. The molecule has 4 fully saturated rings. The van der Waals surface area contributed by atoms with Crippen LogP contribution in [0.25, 0.3) is 44.7 Å². The number of hydrogen-bond acceptors (Lipinski definition) is 12. The van der Waals surface area contributed by atoms with Crippen molar-refractivity contribution in [3.05, 3.63) is 82.3 Å². The highest BCUT2D eigenvalue weighted by Gasteiger charge is 2.46. The van der Waals surface area contributed by atoms with E-state index < -0.39 is 51.9 Å². The molecule has 4 aromatic heterocycles. The molecule has 398 valence electrons. The summed E-state index contributed by atoms with van der Waals surface area (Å²) in [6.07, 6.45) is 12.7. The predicted molar refractivity (Wildman–Crippen MR) is 284 cm³/mol. The second kappa shape index (κ2) is 19.6. The largest absolute Gasteiger partial charge is 0.464 e. The first-order valence-corrected chi connectivity index (χ1v) is 29.3. The molecule has 6 aromatic rings. The van der Waals surface area contributed by atoms with E-state index in [1.54, 1.807) is 28.6 Å². The van der Waals surface area contributed by atoms with Crippen LogP contribution in [0.4, 0.5) is 14.0 Å². The van der Waals surface area contributed by atoms with E-state index in [1.165, 1.54) is 20.3 Å². The number of imidazole rings is 2. The summed E-state index contributed by atoms with van der Waals surface area (Å²) in [7, 11) is 1.34. The number of aromatic nitrogens is 6. The minimum atomic E-state index is -1.24. The van der Waals surface area contributed by atoms with Crippen LogP contribution in [0, 0.1) is 17.7 Å². The summed E-state index contributed by atoms with van der Waals surface area (Å²) in [5, 5.41) is 7.52. The van der Waals surface area contributed by atoms with E-state index in [0.29, 0.717) is 84.1 Å². The number of ether oxygens (including phenoxy) is 4. The van der Waals surface area contributed by atoms with E-state index in [9.17, 15) is 19.2 Å². The van der Waals surface area contributed by atoms with Crippen LogP contribution < -0.4 is 15.4 Å². The molecule has 18 nitrogen and oxygen atoms in total. The molecular formula is C54H65FN10O8S2. The average Bonchev–Trinajstić information content (AvgIpc) is 4.06. The Labute approximate surface area is 440 Å². The molecule has 0 radical (unpaired) electrons. The number of benzene rings is 2. The number of rotatable bonds is 12. The Morgan fingerprint density at radius 3 is 2.29 bits per heavy atom. The van der Waals surface area contributed by atoms with Crippen molar-refractivity contribution in [1.82, 2.24) is 49.9 Å². The van der Waals surface area contributed by atoms with Gasteiger partial charge in [-0.2, -0.15) is 0 Å². The van der Waals surface area contributed by atoms with Gasteiger partial charge in [-0.1, -0.05) is 19.9 Å². The first-order chi connectivity index (χ1) is 35.9. The molecule has 6 atom stereocenters. The number of H-pyrrole nitrogens is 2. The number of carbonyl (C=O) groups excluding carboxylic acids is 4. The summed E-state index contributed by atoms with van der Waals surface area (Å²) in [6.45, 7) is 8.76. The number of methoxy groups -OCH3 is 2. The van der Waals surface area contributed by atoms with Crippen molar-refractivity contribution in [2.24, 2.45) is 11.8 Å². The summed E-state index contributed by atoms with van der Waals surface area (Å²) in [6, 6.07) is 9.18.